The first-order valence-electron chi connectivity index (χ1n) is 7.56. The van der Waals surface area contributed by atoms with Crippen LogP contribution in [0.5, 0.6) is 0 Å². The van der Waals surface area contributed by atoms with Crippen molar-refractivity contribution in [1.29, 1.82) is 0 Å². The van der Waals surface area contributed by atoms with Crippen molar-refractivity contribution in [2.45, 2.75) is 51.2 Å². The second-order valence-corrected chi connectivity index (χ2v) is 7.75. The van der Waals surface area contributed by atoms with E-state index in [0.29, 0.717) is 26.2 Å². The Kier molecular flexibility index (Phi) is 7.43. The van der Waals surface area contributed by atoms with E-state index in [2.05, 4.69) is 12.2 Å². The zero-order chi connectivity index (χ0) is 15.1. The summed E-state index contributed by atoms with van der Waals surface area (Å²) in [5, 5.41) is 3.49. The fourth-order valence-corrected chi connectivity index (χ4v) is 3.64. The first-order valence-corrected chi connectivity index (χ1v) is 9.62. The van der Waals surface area contributed by atoms with Crippen LogP contribution in [-0.4, -0.2) is 58.4 Å². The predicted octanol–water partition coefficient (Wildman–Crippen LogP) is 1.38. The Morgan fingerprint density at radius 1 is 1.30 bits per heavy atom. The third-order valence-electron chi connectivity index (χ3n) is 3.86. The zero-order valence-corrected chi connectivity index (χ0v) is 13.8. The maximum atomic E-state index is 11.3. The topological polar surface area (TPSA) is 64.6 Å². The van der Waals surface area contributed by atoms with Crippen molar-refractivity contribution >= 4 is 9.84 Å². The van der Waals surface area contributed by atoms with E-state index < -0.39 is 9.84 Å². The van der Waals surface area contributed by atoms with E-state index in [1.54, 1.807) is 0 Å². The SMILES string of the molecule is CCNC(CCCS(C)(=O)=O)C1(OCC)CCOCC1. The van der Waals surface area contributed by atoms with Crippen molar-refractivity contribution in [3.8, 4) is 0 Å². The van der Waals surface area contributed by atoms with E-state index in [0.717, 1.165) is 25.8 Å². The van der Waals surface area contributed by atoms with Gasteiger partial charge in [0.25, 0.3) is 0 Å². The summed E-state index contributed by atoms with van der Waals surface area (Å²) in [5.74, 6) is 0.244. The van der Waals surface area contributed by atoms with Gasteiger partial charge in [0.15, 0.2) is 0 Å². The van der Waals surface area contributed by atoms with Crippen LogP contribution in [0.1, 0.15) is 39.5 Å². The van der Waals surface area contributed by atoms with Gasteiger partial charge in [-0.05, 0) is 26.3 Å². The number of nitrogens with one attached hydrogen (secondary N) is 1. The summed E-state index contributed by atoms with van der Waals surface area (Å²) < 4.78 is 34.1. The van der Waals surface area contributed by atoms with E-state index >= 15 is 0 Å². The van der Waals surface area contributed by atoms with Gasteiger partial charge in [0.05, 0.1) is 5.60 Å². The van der Waals surface area contributed by atoms with E-state index in [4.69, 9.17) is 9.47 Å². The fourth-order valence-electron chi connectivity index (χ4n) is 2.94. The molecule has 0 aromatic rings. The molecule has 1 fully saturated rings. The van der Waals surface area contributed by atoms with E-state index in [1.165, 1.54) is 6.26 Å². The Morgan fingerprint density at radius 3 is 2.45 bits per heavy atom. The molecule has 0 radical (unpaired) electrons. The van der Waals surface area contributed by atoms with Gasteiger partial charge in [0.1, 0.15) is 9.84 Å². The molecule has 5 nitrogen and oxygen atoms in total. The van der Waals surface area contributed by atoms with Crippen molar-refractivity contribution in [2.75, 3.05) is 38.4 Å². The molecular formula is C14H29NO4S. The number of likely N-dealkylation sites (N-methyl/N-ethyl adjacent to an activating group) is 1. The average Bonchev–Trinajstić information content (AvgIpc) is 2.38. The van der Waals surface area contributed by atoms with Crippen LogP contribution < -0.4 is 5.32 Å². The molecule has 1 aliphatic heterocycles. The number of hydrogen-bond acceptors (Lipinski definition) is 5. The summed E-state index contributed by atoms with van der Waals surface area (Å²) in [7, 11) is -2.89. The summed E-state index contributed by atoms with van der Waals surface area (Å²) in [6.45, 7) is 7.05. The zero-order valence-electron chi connectivity index (χ0n) is 13.0. The number of rotatable bonds is 9. The molecule has 0 saturated carbocycles. The van der Waals surface area contributed by atoms with Crippen molar-refractivity contribution < 1.29 is 17.9 Å². The molecule has 1 atom stereocenters. The highest BCUT2D eigenvalue weighted by Gasteiger charge is 2.40. The van der Waals surface area contributed by atoms with Gasteiger partial charge in [-0.15, -0.1) is 0 Å². The number of hydrogen-bond donors (Lipinski definition) is 1. The minimum atomic E-state index is -2.89. The number of sulfone groups is 1. The maximum absolute atomic E-state index is 11.3. The molecule has 1 heterocycles. The minimum absolute atomic E-state index is 0.193. The summed E-state index contributed by atoms with van der Waals surface area (Å²) in [6, 6.07) is 0.193. The standard InChI is InChI=1S/C14H29NO4S/c1-4-15-13(7-6-12-20(3,16)17)14(19-5-2)8-10-18-11-9-14/h13,15H,4-12H2,1-3H3. The largest absolute Gasteiger partial charge is 0.381 e. The highest BCUT2D eigenvalue weighted by molar-refractivity contribution is 7.90. The summed E-state index contributed by atoms with van der Waals surface area (Å²) in [4.78, 5) is 0. The van der Waals surface area contributed by atoms with Crippen LogP contribution in [0.15, 0.2) is 0 Å². The Labute approximate surface area is 123 Å². The average molecular weight is 307 g/mol. The summed E-state index contributed by atoms with van der Waals surface area (Å²) >= 11 is 0. The van der Waals surface area contributed by atoms with Crippen LogP contribution in [0.25, 0.3) is 0 Å². The van der Waals surface area contributed by atoms with Crippen LogP contribution in [0.4, 0.5) is 0 Å². The van der Waals surface area contributed by atoms with Gasteiger partial charge >= 0.3 is 0 Å². The van der Waals surface area contributed by atoms with Crippen molar-refractivity contribution in [3.63, 3.8) is 0 Å². The lowest BCUT2D eigenvalue weighted by Crippen LogP contribution is -2.55. The molecule has 0 aliphatic carbocycles. The van der Waals surface area contributed by atoms with Gasteiger partial charge < -0.3 is 14.8 Å². The van der Waals surface area contributed by atoms with Gasteiger partial charge in [-0.1, -0.05) is 6.92 Å². The van der Waals surface area contributed by atoms with Crippen LogP contribution in [0, 0.1) is 0 Å². The van der Waals surface area contributed by atoms with E-state index in [9.17, 15) is 8.42 Å². The van der Waals surface area contributed by atoms with E-state index in [-0.39, 0.29) is 17.4 Å². The molecule has 0 bridgehead atoms. The lowest BCUT2D eigenvalue weighted by Gasteiger charge is -2.43. The van der Waals surface area contributed by atoms with E-state index in [1.807, 2.05) is 6.92 Å². The Balaban J connectivity index is 2.68. The first-order chi connectivity index (χ1) is 9.43. The molecule has 0 aromatic carbocycles. The molecule has 0 spiro atoms. The maximum Gasteiger partial charge on any atom is 0.147 e. The van der Waals surface area contributed by atoms with Crippen LogP contribution >= 0.6 is 0 Å². The molecule has 1 unspecified atom stereocenters. The second kappa shape index (κ2) is 8.32. The van der Waals surface area contributed by atoms with Gasteiger partial charge in [-0.3, -0.25) is 0 Å². The Morgan fingerprint density at radius 2 is 1.95 bits per heavy atom. The predicted molar refractivity (Wildman–Crippen MR) is 80.8 cm³/mol. The molecule has 6 heteroatoms. The molecular weight excluding hydrogens is 278 g/mol. The summed E-state index contributed by atoms with van der Waals surface area (Å²) in [5.41, 5.74) is -0.208. The molecule has 1 saturated heterocycles. The van der Waals surface area contributed by atoms with Gasteiger partial charge in [0, 0.05) is 50.7 Å². The van der Waals surface area contributed by atoms with Crippen molar-refractivity contribution in [1.82, 2.24) is 5.32 Å². The quantitative estimate of drug-likeness (QED) is 0.697. The van der Waals surface area contributed by atoms with Crippen LogP contribution in [-0.2, 0) is 19.3 Å². The number of ether oxygens (including phenoxy) is 2. The highest BCUT2D eigenvalue weighted by atomic mass is 32.2. The van der Waals surface area contributed by atoms with Crippen LogP contribution in [0.3, 0.4) is 0 Å². The monoisotopic (exact) mass is 307 g/mol. The van der Waals surface area contributed by atoms with Crippen LogP contribution in [0.2, 0.25) is 0 Å². The molecule has 0 amide bonds. The van der Waals surface area contributed by atoms with Gasteiger partial charge in [-0.25, -0.2) is 8.42 Å². The van der Waals surface area contributed by atoms with Crippen molar-refractivity contribution in [2.24, 2.45) is 0 Å². The Hall–Kier alpha value is -0.170. The molecule has 120 valence electrons. The minimum Gasteiger partial charge on any atom is -0.381 e. The smallest absolute Gasteiger partial charge is 0.147 e. The van der Waals surface area contributed by atoms with Gasteiger partial charge in [0.2, 0.25) is 0 Å². The Bertz CT molecular complexity index is 358. The summed E-state index contributed by atoms with van der Waals surface area (Å²) in [6.07, 6.45) is 4.53. The van der Waals surface area contributed by atoms with Gasteiger partial charge in [-0.2, -0.15) is 0 Å². The lowest BCUT2D eigenvalue weighted by atomic mass is 9.83. The molecule has 1 rings (SSSR count). The molecule has 0 aromatic heterocycles. The second-order valence-electron chi connectivity index (χ2n) is 5.49. The highest BCUT2D eigenvalue weighted by Crippen LogP contribution is 2.31. The fraction of sp³-hybridized carbons (Fsp3) is 1.00. The lowest BCUT2D eigenvalue weighted by molar-refractivity contribution is -0.127. The molecule has 1 N–H and O–H groups in total. The third kappa shape index (κ3) is 5.68. The van der Waals surface area contributed by atoms with Crippen molar-refractivity contribution in [3.05, 3.63) is 0 Å². The third-order valence-corrected chi connectivity index (χ3v) is 4.89. The first kappa shape index (κ1) is 17.9. The molecule has 1 aliphatic rings. The normalized spacial score (nSPS) is 20.8. The molecule has 20 heavy (non-hydrogen) atoms.